The molecule has 5 heteroatoms. The maximum Gasteiger partial charge on any atom is 0.146 e. The summed E-state index contributed by atoms with van der Waals surface area (Å²) in [7, 11) is 0. The summed E-state index contributed by atoms with van der Waals surface area (Å²) in [6, 6.07) is 0.356. The van der Waals surface area contributed by atoms with E-state index in [1.54, 1.807) is 0 Å². The number of hydrogen-bond acceptors (Lipinski definition) is 2. The van der Waals surface area contributed by atoms with Crippen LogP contribution in [-0.2, 0) is 6.42 Å². The molecule has 2 heterocycles. The fourth-order valence-electron chi connectivity index (χ4n) is 1.99. The quantitative estimate of drug-likeness (QED) is 0.785. The van der Waals surface area contributed by atoms with Crippen molar-refractivity contribution in [1.29, 1.82) is 0 Å². The van der Waals surface area contributed by atoms with Gasteiger partial charge < -0.3 is 4.57 Å². The van der Waals surface area contributed by atoms with Crippen molar-refractivity contribution in [2.45, 2.75) is 33.2 Å². The molecule has 86 valence electrons. The first-order chi connectivity index (χ1) is 7.57. The average Bonchev–Trinajstić information content (AvgIpc) is 2.52. The van der Waals surface area contributed by atoms with E-state index >= 15 is 0 Å². The normalized spacial score (nSPS) is 11.6. The van der Waals surface area contributed by atoms with Crippen molar-refractivity contribution in [3.63, 3.8) is 0 Å². The van der Waals surface area contributed by atoms with Crippen molar-refractivity contribution in [2.24, 2.45) is 0 Å². The van der Waals surface area contributed by atoms with Crippen molar-refractivity contribution in [1.82, 2.24) is 14.5 Å². The molecule has 0 amide bonds. The Hall–Kier alpha value is -0.610. The molecule has 0 fully saturated rings. The maximum absolute atomic E-state index is 6.11. The zero-order valence-corrected chi connectivity index (χ0v) is 11.8. The molecular weight excluding hydrogens is 289 g/mol. The molecule has 2 aromatic heterocycles. The number of aromatic nitrogens is 3. The van der Waals surface area contributed by atoms with Gasteiger partial charge in [0.25, 0.3) is 0 Å². The summed E-state index contributed by atoms with van der Waals surface area (Å²) in [4.78, 5) is 8.36. The Bertz CT molecular complexity index is 533. The monoisotopic (exact) mass is 301 g/mol. The number of rotatable bonds is 2. The Kier molecular flexibility index (Phi) is 3.22. The van der Waals surface area contributed by atoms with Crippen LogP contribution in [0.4, 0.5) is 0 Å². The first kappa shape index (κ1) is 11.9. The van der Waals surface area contributed by atoms with Crippen LogP contribution >= 0.6 is 27.5 Å². The SMILES string of the molecule is CCc1c(Br)c2c(Cl)ncnc2n1C(C)C. The standard InChI is InChI=1S/C11H13BrClN3/c1-4-7-9(12)8-10(13)14-5-15-11(8)16(7)6(2)3/h5-6H,4H2,1-3H3. The second-order valence-corrected chi connectivity index (χ2v) is 5.09. The van der Waals surface area contributed by atoms with Crippen LogP contribution in [0.3, 0.4) is 0 Å². The van der Waals surface area contributed by atoms with E-state index in [0.717, 1.165) is 21.9 Å². The number of fused-ring (bicyclic) bond motifs is 1. The van der Waals surface area contributed by atoms with E-state index in [1.807, 2.05) is 0 Å². The summed E-state index contributed by atoms with van der Waals surface area (Å²) in [5, 5.41) is 1.42. The average molecular weight is 303 g/mol. The Morgan fingerprint density at radius 3 is 2.69 bits per heavy atom. The number of nitrogens with zero attached hydrogens (tertiary/aromatic N) is 3. The van der Waals surface area contributed by atoms with Gasteiger partial charge in [-0.1, -0.05) is 18.5 Å². The van der Waals surface area contributed by atoms with Crippen LogP contribution in [0.5, 0.6) is 0 Å². The summed E-state index contributed by atoms with van der Waals surface area (Å²) in [6.45, 7) is 6.40. The molecule has 0 spiro atoms. The fraction of sp³-hybridized carbons (Fsp3) is 0.455. The van der Waals surface area contributed by atoms with Gasteiger partial charge in [0, 0.05) is 11.7 Å². The van der Waals surface area contributed by atoms with E-state index in [0.29, 0.717) is 11.2 Å². The summed E-state index contributed by atoms with van der Waals surface area (Å²) >= 11 is 9.71. The minimum absolute atomic E-state index is 0.356. The summed E-state index contributed by atoms with van der Waals surface area (Å²) < 4.78 is 3.22. The topological polar surface area (TPSA) is 30.7 Å². The van der Waals surface area contributed by atoms with Gasteiger partial charge >= 0.3 is 0 Å². The molecule has 0 aromatic carbocycles. The van der Waals surface area contributed by atoms with Crippen LogP contribution < -0.4 is 0 Å². The highest BCUT2D eigenvalue weighted by Crippen LogP contribution is 2.35. The molecule has 0 saturated heterocycles. The van der Waals surface area contributed by atoms with Crippen molar-refractivity contribution in [3.05, 3.63) is 21.6 Å². The lowest BCUT2D eigenvalue weighted by atomic mass is 10.3. The van der Waals surface area contributed by atoms with Crippen molar-refractivity contribution in [3.8, 4) is 0 Å². The lowest BCUT2D eigenvalue weighted by Gasteiger charge is -2.12. The van der Waals surface area contributed by atoms with Crippen LogP contribution in [0, 0.1) is 0 Å². The molecular formula is C11H13BrClN3. The molecule has 0 saturated carbocycles. The molecule has 0 aliphatic rings. The highest BCUT2D eigenvalue weighted by Gasteiger charge is 2.19. The van der Waals surface area contributed by atoms with Gasteiger partial charge in [0.2, 0.25) is 0 Å². The Balaban J connectivity index is 2.92. The second-order valence-electron chi connectivity index (χ2n) is 3.94. The molecule has 0 atom stereocenters. The van der Waals surface area contributed by atoms with Gasteiger partial charge in [-0.2, -0.15) is 0 Å². The van der Waals surface area contributed by atoms with Crippen molar-refractivity contribution in [2.75, 3.05) is 0 Å². The second kappa shape index (κ2) is 4.34. The molecule has 0 radical (unpaired) electrons. The van der Waals surface area contributed by atoms with E-state index in [9.17, 15) is 0 Å². The van der Waals surface area contributed by atoms with Gasteiger partial charge in [-0.15, -0.1) is 0 Å². The molecule has 0 aliphatic carbocycles. The Labute approximate surface area is 108 Å². The first-order valence-electron chi connectivity index (χ1n) is 5.26. The minimum atomic E-state index is 0.356. The first-order valence-corrected chi connectivity index (χ1v) is 6.43. The van der Waals surface area contributed by atoms with Gasteiger partial charge in [-0.25, -0.2) is 9.97 Å². The molecule has 0 N–H and O–H groups in total. The fourth-order valence-corrected chi connectivity index (χ4v) is 3.16. The van der Waals surface area contributed by atoms with E-state index < -0.39 is 0 Å². The van der Waals surface area contributed by atoms with Crippen molar-refractivity contribution < 1.29 is 0 Å². The van der Waals surface area contributed by atoms with Gasteiger partial charge in [0.05, 0.1) is 9.86 Å². The Morgan fingerprint density at radius 1 is 1.44 bits per heavy atom. The van der Waals surface area contributed by atoms with Gasteiger partial charge in [-0.05, 0) is 36.2 Å². The summed E-state index contributed by atoms with van der Waals surface area (Å²) in [5.74, 6) is 0. The van der Waals surface area contributed by atoms with Gasteiger partial charge in [0.1, 0.15) is 17.1 Å². The van der Waals surface area contributed by atoms with E-state index in [2.05, 4.69) is 51.2 Å². The van der Waals surface area contributed by atoms with Crippen LogP contribution in [0.1, 0.15) is 32.5 Å². The predicted molar refractivity (Wildman–Crippen MR) is 70.0 cm³/mol. The highest BCUT2D eigenvalue weighted by atomic mass is 79.9. The third-order valence-corrected chi connectivity index (χ3v) is 3.76. The molecule has 16 heavy (non-hydrogen) atoms. The van der Waals surface area contributed by atoms with Crippen LogP contribution in [0.2, 0.25) is 5.15 Å². The molecule has 2 rings (SSSR count). The molecule has 3 nitrogen and oxygen atoms in total. The lowest BCUT2D eigenvalue weighted by Crippen LogP contribution is -2.05. The van der Waals surface area contributed by atoms with E-state index in [1.165, 1.54) is 12.0 Å². The molecule has 0 unspecified atom stereocenters. The summed E-state index contributed by atoms with van der Waals surface area (Å²) in [6.07, 6.45) is 2.45. The number of halogens is 2. The lowest BCUT2D eigenvalue weighted by molar-refractivity contribution is 0.591. The molecule has 0 bridgehead atoms. The van der Waals surface area contributed by atoms with Crippen LogP contribution in [-0.4, -0.2) is 14.5 Å². The zero-order chi connectivity index (χ0) is 11.9. The van der Waals surface area contributed by atoms with Gasteiger partial charge in [0.15, 0.2) is 0 Å². The smallest absolute Gasteiger partial charge is 0.146 e. The largest absolute Gasteiger partial charge is 0.326 e. The highest BCUT2D eigenvalue weighted by molar-refractivity contribution is 9.10. The molecule has 0 aliphatic heterocycles. The maximum atomic E-state index is 6.11. The van der Waals surface area contributed by atoms with E-state index in [4.69, 9.17) is 11.6 Å². The minimum Gasteiger partial charge on any atom is -0.326 e. The van der Waals surface area contributed by atoms with Crippen molar-refractivity contribution >= 4 is 38.6 Å². The third-order valence-electron chi connectivity index (χ3n) is 2.62. The third kappa shape index (κ3) is 1.64. The van der Waals surface area contributed by atoms with Crippen LogP contribution in [0.25, 0.3) is 11.0 Å². The van der Waals surface area contributed by atoms with Crippen LogP contribution in [0.15, 0.2) is 10.8 Å². The van der Waals surface area contributed by atoms with Gasteiger partial charge in [-0.3, -0.25) is 0 Å². The molecule has 2 aromatic rings. The summed E-state index contributed by atoms with van der Waals surface area (Å²) in [5.41, 5.74) is 2.12. The zero-order valence-electron chi connectivity index (χ0n) is 9.46. The number of hydrogen-bond donors (Lipinski definition) is 0. The predicted octanol–water partition coefficient (Wildman–Crippen LogP) is 3.99. The van der Waals surface area contributed by atoms with E-state index in [-0.39, 0.29) is 0 Å². The Morgan fingerprint density at radius 2 is 2.12 bits per heavy atom.